The molecular formula is C25H26N6O3. The van der Waals surface area contributed by atoms with E-state index in [-0.39, 0.29) is 11.6 Å². The number of hydrogen-bond donors (Lipinski definition) is 0. The average molecular weight is 459 g/mol. The Bertz CT molecular complexity index is 1470. The maximum Gasteiger partial charge on any atom is 0.328 e. The molecule has 4 aromatic rings. The molecule has 5 rings (SSSR count). The van der Waals surface area contributed by atoms with Crippen molar-refractivity contribution >= 4 is 34.3 Å². The Morgan fingerprint density at radius 2 is 1.79 bits per heavy atom. The van der Waals surface area contributed by atoms with Crippen molar-refractivity contribution in [1.82, 2.24) is 19.1 Å². The number of benzene rings is 1. The second kappa shape index (κ2) is 8.33. The minimum atomic E-state index is -0.125. The lowest BCUT2D eigenvalue weighted by Gasteiger charge is -2.22. The van der Waals surface area contributed by atoms with Gasteiger partial charge in [0.2, 0.25) is 0 Å². The standard InChI is InChI=1S/C25H26N6O3/c1-5-31-22-17(24(32)28(2)19-9-7-12-26-23(19)31)14-16(15-27-22)11-13-34-20-10-6-8-18-21(20)30(4)25(33)29(18)3/h6-10,12,14-15H,5,11,13H2,1-4H3. The van der Waals surface area contributed by atoms with Crippen LogP contribution in [0.2, 0.25) is 0 Å². The van der Waals surface area contributed by atoms with E-state index in [4.69, 9.17) is 4.74 Å². The highest BCUT2D eigenvalue weighted by atomic mass is 16.5. The molecule has 0 saturated heterocycles. The molecule has 174 valence electrons. The van der Waals surface area contributed by atoms with Gasteiger partial charge in [-0.05, 0) is 42.8 Å². The van der Waals surface area contributed by atoms with E-state index >= 15 is 0 Å². The normalized spacial score (nSPS) is 13.1. The quantitative estimate of drug-likeness (QED) is 0.457. The Morgan fingerprint density at radius 3 is 2.59 bits per heavy atom. The summed E-state index contributed by atoms with van der Waals surface area (Å²) in [6.45, 7) is 3.03. The predicted molar refractivity (Wildman–Crippen MR) is 131 cm³/mol. The van der Waals surface area contributed by atoms with Gasteiger partial charge in [0.1, 0.15) is 17.1 Å². The first-order valence-electron chi connectivity index (χ1n) is 11.2. The van der Waals surface area contributed by atoms with Crippen LogP contribution >= 0.6 is 0 Å². The van der Waals surface area contributed by atoms with Crippen LogP contribution in [0.1, 0.15) is 22.8 Å². The van der Waals surface area contributed by atoms with Gasteiger partial charge in [-0.25, -0.2) is 14.8 Å². The fourth-order valence-electron chi connectivity index (χ4n) is 4.50. The number of amides is 1. The second-order valence-corrected chi connectivity index (χ2v) is 8.29. The van der Waals surface area contributed by atoms with Crippen molar-refractivity contribution in [3.63, 3.8) is 0 Å². The highest BCUT2D eigenvalue weighted by Crippen LogP contribution is 2.37. The monoisotopic (exact) mass is 458 g/mol. The van der Waals surface area contributed by atoms with Crippen molar-refractivity contribution in [3.05, 3.63) is 70.4 Å². The molecule has 0 aliphatic carbocycles. The highest BCUT2D eigenvalue weighted by molar-refractivity contribution is 6.12. The number of carbonyl (C=O) groups is 1. The fraction of sp³-hybridized carbons (Fsp3) is 0.280. The zero-order chi connectivity index (χ0) is 24.0. The lowest BCUT2D eigenvalue weighted by Crippen LogP contribution is -2.25. The summed E-state index contributed by atoms with van der Waals surface area (Å²) in [4.78, 5) is 38.3. The Hall–Kier alpha value is -4.14. The molecule has 9 heteroatoms. The van der Waals surface area contributed by atoms with E-state index in [1.165, 1.54) is 0 Å². The van der Waals surface area contributed by atoms with Crippen LogP contribution in [0.4, 0.5) is 17.3 Å². The number of fused-ring (bicyclic) bond motifs is 3. The van der Waals surface area contributed by atoms with Crippen molar-refractivity contribution < 1.29 is 9.53 Å². The van der Waals surface area contributed by atoms with Gasteiger partial charge >= 0.3 is 5.69 Å². The predicted octanol–water partition coefficient (Wildman–Crippen LogP) is 3.04. The first-order chi connectivity index (χ1) is 16.4. The van der Waals surface area contributed by atoms with Gasteiger partial charge in [-0.2, -0.15) is 0 Å². The largest absolute Gasteiger partial charge is 0.491 e. The summed E-state index contributed by atoms with van der Waals surface area (Å²) < 4.78 is 9.26. The van der Waals surface area contributed by atoms with E-state index in [9.17, 15) is 9.59 Å². The molecule has 0 fully saturated rings. The van der Waals surface area contributed by atoms with Crippen molar-refractivity contribution in [2.75, 3.05) is 30.0 Å². The van der Waals surface area contributed by atoms with Gasteiger partial charge in [0, 0.05) is 46.5 Å². The van der Waals surface area contributed by atoms with Crippen LogP contribution in [0.25, 0.3) is 11.0 Å². The summed E-state index contributed by atoms with van der Waals surface area (Å²) in [6, 6.07) is 11.2. The zero-order valence-corrected chi connectivity index (χ0v) is 19.6. The summed E-state index contributed by atoms with van der Waals surface area (Å²) in [5.41, 5.74) is 3.66. The van der Waals surface area contributed by atoms with E-state index in [2.05, 4.69) is 9.97 Å². The highest BCUT2D eigenvalue weighted by Gasteiger charge is 2.30. The first-order valence-corrected chi connectivity index (χ1v) is 11.2. The smallest absolute Gasteiger partial charge is 0.328 e. The number of pyridine rings is 2. The molecule has 9 nitrogen and oxygen atoms in total. The molecule has 0 radical (unpaired) electrons. The number of hydrogen-bond acceptors (Lipinski definition) is 6. The third kappa shape index (κ3) is 3.32. The van der Waals surface area contributed by atoms with Crippen molar-refractivity contribution in [1.29, 1.82) is 0 Å². The van der Waals surface area contributed by atoms with Gasteiger partial charge in [0.05, 0.1) is 23.4 Å². The molecular weight excluding hydrogens is 432 g/mol. The molecule has 34 heavy (non-hydrogen) atoms. The molecule has 0 bridgehead atoms. The van der Waals surface area contributed by atoms with Gasteiger partial charge in [0.15, 0.2) is 5.82 Å². The zero-order valence-electron chi connectivity index (χ0n) is 19.6. The van der Waals surface area contributed by atoms with Crippen LogP contribution in [0.3, 0.4) is 0 Å². The summed E-state index contributed by atoms with van der Waals surface area (Å²) in [5, 5.41) is 0. The third-order valence-corrected chi connectivity index (χ3v) is 6.31. The Morgan fingerprint density at radius 1 is 0.971 bits per heavy atom. The Balaban J connectivity index is 1.42. The molecule has 1 aliphatic heterocycles. The maximum atomic E-state index is 13.3. The summed E-state index contributed by atoms with van der Waals surface area (Å²) in [5.74, 6) is 1.84. The van der Waals surface area contributed by atoms with Crippen molar-refractivity contribution in [2.45, 2.75) is 13.3 Å². The number of anilines is 3. The third-order valence-electron chi connectivity index (χ3n) is 6.31. The molecule has 3 aromatic heterocycles. The van der Waals surface area contributed by atoms with Crippen LogP contribution < -0.4 is 20.2 Å². The summed E-state index contributed by atoms with van der Waals surface area (Å²) in [7, 11) is 5.24. The Labute approximate surface area is 196 Å². The number of carbonyl (C=O) groups excluding carboxylic acids is 1. The van der Waals surface area contributed by atoms with E-state index in [0.29, 0.717) is 42.5 Å². The minimum absolute atomic E-state index is 0.0976. The lowest BCUT2D eigenvalue weighted by atomic mass is 10.1. The lowest BCUT2D eigenvalue weighted by molar-refractivity contribution is 0.0994. The van der Waals surface area contributed by atoms with Crippen LogP contribution in [0, 0.1) is 0 Å². The molecule has 1 amide bonds. The van der Waals surface area contributed by atoms with Crippen LogP contribution in [-0.4, -0.2) is 45.2 Å². The van der Waals surface area contributed by atoms with E-state index in [1.807, 2.05) is 48.2 Å². The minimum Gasteiger partial charge on any atom is -0.491 e. The number of rotatable bonds is 5. The van der Waals surface area contributed by atoms with Crippen LogP contribution in [0.5, 0.6) is 5.75 Å². The van der Waals surface area contributed by atoms with Gasteiger partial charge < -0.3 is 14.5 Å². The number of imidazole rings is 1. The molecule has 0 unspecified atom stereocenters. The summed E-state index contributed by atoms with van der Waals surface area (Å²) >= 11 is 0. The SMILES string of the molecule is CCN1c2ncc(CCOc3cccc4c3n(C)c(=O)n4C)cc2C(=O)N(C)c2cccnc21. The van der Waals surface area contributed by atoms with Gasteiger partial charge in [-0.1, -0.05) is 6.07 Å². The molecule has 1 aliphatic rings. The number of para-hydroxylation sites is 1. The van der Waals surface area contributed by atoms with Crippen LogP contribution in [0.15, 0.2) is 53.6 Å². The molecule has 0 atom stereocenters. The van der Waals surface area contributed by atoms with Crippen molar-refractivity contribution in [2.24, 2.45) is 14.1 Å². The molecule has 1 aromatic carbocycles. The van der Waals surface area contributed by atoms with Gasteiger partial charge in [0.25, 0.3) is 5.91 Å². The van der Waals surface area contributed by atoms with E-state index in [0.717, 1.165) is 22.3 Å². The number of aryl methyl sites for hydroxylation is 2. The molecule has 0 N–H and O–H groups in total. The second-order valence-electron chi connectivity index (χ2n) is 8.29. The fourth-order valence-corrected chi connectivity index (χ4v) is 4.50. The molecule has 4 heterocycles. The number of nitrogens with zero attached hydrogens (tertiary/aromatic N) is 6. The Kier molecular flexibility index (Phi) is 5.31. The van der Waals surface area contributed by atoms with E-state index in [1.54, 1.807) is 47.6 Å². The number of aromatic nitrogens is 4. The number of ether oxygens (including phenoxy) is 1. The summed E-state index contributed by atoms with van der Waals surface area (Å²) in [6.07, 6.45) is 4.07. The topological polar surface area (TPSA) is 85.5 Å². The average Bonchev–Trinajstić information content (AvgIpc) is 3.03. The van der Waals surface area contributed by atoms with Crippen LogP contribution in [-0.2, 0) is 20.5 Å². The first kappa shape index (κ1) is 21.7. The maximum absolute atomic E-state index is 13.3. The molecule has 0 spiro atoms. The van der Waals surface area contributed by atoms with Crippen molar-refractivity contribution in [3.8, 4) is 5.75 Å². The van der Waals surface area contributed by atoms with Gasteiger partial charge in [-0.15, -0.1) is 0 Å². The molecule has 0 saturated carbocycles. The van der Waals surface area contributed by atoms with E-state index < -0.39 is 0 Å². The van der Waals surface area contributed by atoms with Gasteiger partial charge in [-0.3, -0.25) is 13.9 Å².